The Morgan fingerprint density at radius 2 is 1.32 bits per heavy atom. The van der Waals surface area contributed by atoms with Gasteiger partial charge in [0.25, 0.3) is 0 Å². The van der Waals surface area contributed by atoms with Crippen LogP contribution in [0.25, 0.3) is 0 Å². The van der Waals surface area contributed by atoms with Crippen LogP contribution in [-0.2, 0) is 20.1 Å². The molecule has 22 heavy (non-hydrogen) atoms. The van der Waals surface area contributed by atoms with Crippen LogP contribution < -0.4 is 0 Å². The van der Waals surface area contributed by atoms with Crippen molar-refractivity contribution < 1.29 is 20.1 Å². The second-order valence-electron chi connectivity index (χ2n) is 6.71. The van der Waals surface area contributed by atoms with Crippen LogP contribution in [0.2, 0.25) is 11.4 Å². The predicted molar refractivity (Wildman–Crippen MR) is 88.9 cm³/mol. The summed E-state index contributed by atoms with van der Waals surface area (Å²) < 4.78 is 31.0. The first-order valence-electron chi connectivity index (χ1n) is 8.32. The van der Waals surface area contributed by atoms with E-state index in [0.717, 1.165) is 19.6 Å². The minimum atomic E-state index is -3.30. The first-order chi connectivity index (χ1) is 10.3. The standard InChI is InChI=1S/C14H31GeNO5Si/c1-13(2)20-22(5,21-14(3)4)12-15-17-9-6-16(7-10-18-15)8-11-19-15/h13-14H,6-12H2,1-5H3. The Labute approximate surface area is 139 Å². The van der Waals surface area contributed by atoms with Gasteiger partial charge in [0, 0.05) is 0 Å². The number of hydrogen-bond donors (Lipinski definition) is 0. The maximum absolute atomic E-state index is 6.22. The van der Waals surface area contributed by atoms with Gasteiger partial charge in [-0.25, -0.2) is 0 Å². The molecule has 3 aliphatic heterocycles. The zero-order chi connectivity index (χ0) is 16.2. The van der Waals surface area contributed by atoms with Crippen molar-refractivity contribution in [1.82, 2.24) is 4.90 Å². The van der Waals surface area contributed by atoms with Crippen LogP contribution >= 0.6 is 0 Å². The number of hydrogen-bond acceptors (Lipinski definition) is 6. The first kappa shape index (κ1) is 18.9. The summed E-state index contributed by atoms with van der Waals surface area (Å²) in [5.74, 6) is 0. The van der Waals surface area contributed by atoms with Gasteiger partial charge in [0.2, 0.25) is 0 Å². The monoisotopic (exact) mass is 395 g/mol. The fourth-order valence-corrected chi connectivity index (χ4v) is 17.4. The molecule has 0 N–H and O–H groups in total. The fourth-order valence-electron chi connectivity index (χ4n) is 3.11. The summed E-state index contributed by atoms with van der Waals surface area (Å²) in [5, 5.41) is 0. The first-order valence-corrected chi connectivity index (χ1v) is 14.9. The SMILES string of the molecule is CC(C)O[Si](C)([CH2][Ge]12[O]CCN(CC[O]1)CC[O]2)OC(C)C. The Morgan fingerprint density at radius 3 is 1.68 bits per heavy atom. The van der Waals surface area contributed by atoms with Crippen molar-refractivity contribution in [2.45, 2.75) is 51.3 Å². The van der Waals surface area contributed by atoms with Crippen molar-refractivity contribution in [3.8, 4) is 0 Å². The summed E-state index contributed by atoms with van der Waals surface area (Å²) >= 11 is -3.30. The average Bonchev–Trinajstić information content (AvgIpc) is 2.27. The summed E-state index contributed by atoms with van der Waals surface area (Å²) in [6, 6.07) is 0. The molecule has 3 rings (SSSR count). The van der Waals surface area contributed by atoms with E-state index in [1.54, 1.807) is 0 Å². The molecule has 8 heteroatoms. The van der Waals surface area contributed by atoms with Gasteiger partial charge in [-0.2, -0.15) is 0 Å². The van der Waals surface area contributed by atoms with E-state index < -0.39 is 22.8 Å². The Bertz CT molecular complexity index is 322. The maximum atomic E-state index is 6.22. The van der Waals surface area contributed by atoms with Gasteiger partial charge < -0.3 is 0 Å². The van der Waals surface area contributed by atoms with E-state index in [1.807, 2.05) is 0 Å². The molecule has 6 nitrogen and oxygen atoms in total. The Balaban J connectivity index is 2.13. The molecule has 0 aromatic heterocycles. The number of nitrogens with zero attached hydrogens (tertiary/aromatic N) is 1. The van der Waals surface area contributed by atoms with Crippen molar-refractivity contribution in [1.29, 1.82) is 0 Å². The van der Waals surface area contributed by atoms with Gasteiger partial charge in [-0.1, -0.05) is 0 Å². The summed E-state index contributed by atoms with van der Waals surface area (Å²) in [4.78, 5) is 3.04. The zero-order valence-electron chi connectivity index (χ0n) is 14.6. The molecule has 3 aliphatic rings. The van der Waals surface area contributed by atoms with Gasteiger partial charge in [-0.05, 0) is 0 Å². The van der Waals surface area contributed by atoms with Gasteiger partial charge in [0.05, 0.1) is 0 Å². The van der Waals surface area contributed by atoms with E-state index >= 15 is 0 Å². The van der Waals surface area contributed by atoms with Gasteiger partial charge in [0.1, 0.15) is 0 Å². The predicted octanol–water partition coefficient (Wildman–Crippen LogP) is 1.77. The normalized spacial score (nSPS) is 30.4. The van der Waals surface area contributed by atoms with Gasteiger partial charge in [0.15, 0.2) is 0 Å². The Morgan fingerprint density at radius 1 is 0.909 bits per heavy atom. The Hall–Kier alpha value is 0.520. The molecule has 0 unspecified atom stereocenters. The van der Waals surface area contributed by atoms with E-state index in [0.29, 0.717) is 24.7 Å². The molecule has 130 valence electrons. The molecule has 0 amide bonds. The molecule has 2 bridgehead atoms. The van der Waals surface area contributed by atoms with E-state index in [2.05, 4.69) is 39.1 Å². The molecule has 0 atom stereocenters. The molecule has 0 aromatic carbocycles. The zero-order valence-corrected chi connectivity index (χ0v) is 17.7. The average molecular weight is 394 g/mol. The van der Waals surface area contributed by atoms with Crippen molar-refractivity contribution in [2.24, 2.45) is 0 Å². The summed E-state index contributed by atoms with van der Waals surface area (Å²) in [5.41, 5.74) is 0. The van der Waals surface area contributed by atoms with E-state index in [1.165, 1.54) is 0 Å². The van der Waals surface area contributed by atoms with Gasteiger partial charge in [-0.15, -0.1) is 0 Å². The van der Waals surface area contributed by atoms with Crippen LogP contribution in [0.3, 0.4) is 0 Å². The molecule has 0 aliphatic carbocycles. The van der Waals surface area contributed by atoms with Crippen LogP contribution in [-0.4, -0.2) is 79.4 Å². The van der Waals surface area contributed by atoms with E-state index in [4.69, 9.17) is 20.1 Å². The van der Waals surface area contributed by atoms with Crippen LogP contribution in [0, 0.1) is 0 Å². The van der Waals surface area contributed by atoms with Crippen molar-refractivity contribution in [3.63, 3.8) is 0 Å². The van der Waals surface area contributed by atoms with Crippen LogP contribution in [0.15, 0.2) is 0 Å². The molecular weight excluding hydrogens is 363 g/mol. The van der Waals surface area contributed by atoms with E-state index in [9.17, 15) is 0 Å². The Kier molecular flexibility index (Phi) is 6.91. The van der Waals surface area contributed by atoms with Crippen LogP contribution in [0.4, 0.5) is 0 Å². The quantitative estimate of drug-likeness (QED) is 0.641. The van der Waals surface area contributed by atoms with Gasteiger partial charge >= 0.3 is 139 Å². The van der Waals surface area contributed by atoms with E-state index in [-0.39, 0.29) is 12.2 Å². The second kappa shape index (κ2) is 8.06. The number of fused-ring (bicyclic) bond motifs is 6. The third-order valence-corrected chi connectivity index (χ3v) is 17.5. The second-order valence-corrected chi connectivity index (χ2v) is 16.7. The molecule has 3 fully saturated rings. The fraction of sp³-hybridized carbons (Fsp3) is 1.00. The number of rotatable bonds is 6. The van der Waals surface area contributed by atoms with Crippen molar-refractivity contribution in [3.05, 3.63) is 0 Å². The molecule has 0 saturated carbocycles. The van der Waals surface area contributed by atoms with Crippen LogP contribution in [0.1, 0.15) is 27.7 Å². The minimum absolute atomic E-state index is 0.131. The topological polar surface area (TPSA) is 49.4 Å². The molecular formula is C14H31GeNO5Si. The molecule has 3 saturated heterocycles. The molecule has 3 heterocycles. The third kappa shape index (κ3) is 5.55. The van der Waals surface area contributed by atoms with Crippen LogP contribution in [0.5, 0.6) is 0 Å². The van der Waals surface area contributed by atoms with Crippen molar-refractivity contribution >= 4 is 22.8 Å². The molecule has 0 radical (unpaired) electrons. The van der Waals surface area contributed by atoms with Crippen molar-refractivity contribution in [2.75, 3.05) is 39.5 Å². The summed E-state index contributed by atoms with van der Waals surface area (Å²) in [7, 11) is -2.40. The molecule has 0 spiro atoms. The third-order valence-electron chi connectivity index (χ3n) is 3.70. The summed E-state index contributed by atoms with van der Waals surface area (Å²) in [6.45, 7) is 15.3. The molecule has 0 aromatic rings. The summed E-state index contributed by atoms with van der Waals surface area (Å²) in [6.07, 6.45) is 0.263. The van der Waals surface area contributed by atoms with Gasteiger partial charge in [-0.3, -0.25) is 0 Å².